The standard InChI is InChI=1S/C17H27BrN4/c18-16-6-4-15(5-7-16)2-1-3-17-14-21-11-10-19-8-9-20-12-13-22-17/h4-7,19-21H,1-3,8-14H2. The highest BCUT2D eigenvalue weighted by Crippen LogP contribution is 2.12. The molecular weight excluding hydrogens is 340 g/mol. The van der Waals surface area contributed by atoms with E-state index < -0.39 is 0 Å². The van der Waals surface area contributed by atoms with Gasteiger partial charge in [0.15, 0.2) is 0 Å². The number of hydrogen-bond acceptors (Lipinski definition) is 4. The van der Waals surface area contributed by atoms with E-state index in [0.717, 1.165) is 69.5 Å². The second-order valence-corrected chi connectivity index (χ2v) is 6.52. The van der Waals surface area contributed by atoms with Gasteiger partial charge in [-0.25, -0.2) is 0 Å². The van der Waals surface area contributed by atoms with Crippen molar-refractivity contribution >= 4 is 21.6 Å². The number of rotatable bonds is 4. The number of halogens is 1. The zero-order valence-electron chi connectivity index (χ0n) is 13.2. The van der Waals surface area contributed by atoms with Crippen LogP contribution in [0.3, 0.4) is 0 Å². The predicted molar refractivity (Wildman–Crippen MR) is 98.0 cm³/mol. The van der Waals surface area contributed by atoms with Crippen molar-refractivity contribution in [1.29, 1.82) is 0 Å². The lowest BCUT2D eigenvalue weighted by atomic mass is 10.1. The van der Waals surface area contributed by atoms with Crippen LogP contribution in [0, 0.1) is 0 Å². The van der Waals surface area contributed by atoms with Crippen LogP contribution in [0.2, 0.25) is 0 Å². The molecule has 2 rings (SSSR count). The largest absolute Gasteiger partial charge is 0.314 e. The van der Waals surface area contributed by atoms with Crippen LogP contribution < -0.4 is 16.0 Å². The van der Waals surface area contributed by atoms with E-state index in [9.17, 15) is 0 Å². The van der Waals surface area contributed by atoms with Crippen molar-refractivity contribution in [2.75, 3.05) is 45.8 Å². The maximum atomic E-state index is 4.77. The van der Waals surface area contributed by atoms with Crippen LogP contribution in [0.5, 0.6) is 0 Å². The molecule has 1 aliphatic heterocycles. The molecule has 0 aromatic heterocycles. The van der Waals surface area contributed by atoms with E-state index >= 15 is 0 Å². The van der Waals surface area contributed by atoms with Gasteiger partial charge in [-0.05, 0) is 37.0 Å². The van der Waals surface area contributed by atoms with Crippen molar-refractivity contribution in [3.05, 3.63) is 34.3 Å². The second-order valence-electron chi connectivity index (χ2n) is 5.60. The lowest BCUT2D eigenvalue weighted by molar-refractivity contribution is 0.590. The Morgan fingerprint density at radius 3 is 2.32 bits per heavy atom. The van der Waals surface area contributed by atoms with Crippen molar-refractivity contribution in [3.8, 4) is 0 Å². The van der Waals surface area contributed by atoms with Gasteiger partial charge in [-0.3, -0.25) is 4.99 Å². The lowest BCUT2D eigenvalue weighted by Gasteiger charge is -2.12. The van der Waals surface area contributed by atoms with Crippen LogP contribution in [0.4, 0.5) is 0 Å². The molecule has 0 aliphatic carbocycles. The maximum absolute atomic E-state index is 4.77. The van der Waals surface area contributed by atoms with Crippen LogP contribution in [0.15, 0.2) is 33.7 Å². The van der Waals surface area contributed by atoms with E-state index in [2.05, 4.69) is 56.1 Å². The highest BCUT2D eigenvalue weighted by atomic mass is 79.9. The summed E-state index contributed by atoms with van der Waals surface area (Å²) in [6, 6.07) is 8.62. The SMILES string of the molecule is Brc1ccc(CCCC2=NCCNCCNCCNC2)cc1. The molecule has 0 radical (unpaired) electrons. The summed E-state index contributed by atoms with van der Waals surface area (Å²) in [5.41, 5.74) is 2.70. The molecule has 0 saturated heterocycles. The van der Waals surface area contributed by atoms with Gasteiger partial charge in [-0.2, -0.15) is 0 Å². The molecule has 1 aliphatic rings. The molecular formula is C17H27BrN4. The second kappa shape index (κ2) is 10.9. The molecule has 0 atom stereocenters. The van der Waals surface area contributed by atoms with Crippen LogP contribution in [0.1, 0.15) is 18.4 Å². The van der Waals surface area contributed by atoms with Gasteiger partial charge in [0.1, 0.15) is 0 Å². The minimum absolute atomic E-state index is 0.884. The Labute approximate surface area is 142 Å². The quantitative estimate of drug-likeness (QED) is 0.763. The number of aryl methyl sites for hydroxylation is 1. The Morgan fingerprint density at radius 1 is 0.864 bits per heavy atom. The van der Waals surface area contributed by atoms with Gasteiger partial charge < -0.3 is 16.0 Å². The van der Waals surface area contributed by atoms with E-state index in [1.807, 2.05) is 0 Å². The first-order chi connectivity index (χ1) is 10.8. The van der Waals surface area contributed by atoms with Gasteiger partial charge in [-0.1, -0.05) is 28.1 Å². The van der Waals surface area contributed by atoms with Gasteiger partial charge in [0.25, 0.3) is 0 Å². The highest BCUT2D eigenvalue weighted by molar-refractivity contribution is 9.10. The first-order valence-electron chi connectivity index (χ1n) is 8.23. The average Bonchev–Trinajstić information content (AvgIpc) is 2.51. The summed E-state index contributed by atoms with van der Waals surface area (Å²) < 4.78 is 1.14. The lowest BCUT2D eigenvalue weighted by Crippen LogP contribution is -2.36. The molecule has 22 heavy (non-hydrogen) atoms. The molecule has 0 bridgehead atoms. The highest BCUT2D eigenvalue weighted by Gasteiger charge is 2.02. The Bertz CT molecular complexity index is 444. The molecule has 0 spiro atoms. The molecule has 1 aromatic carbocycles. The number of nitrogens with one attached hydrogen (secondary N) is 3. The fourth-order valence-corrected chi connectivity index (χ4v) is 2.76. The van der Waals surface area contributed by atoms with Crippen molar-refractivity contribution < 1.29 is 0 Å². The summed E-state index contributed by atoms with van der Waals surface area (Å²) in [5.74, 6) is 0. The molecule has 0 unspecified atom stereocenters. The zero-order valence-corrected chi connectivity index (χ0v) is 14.8. The summed E-state index contributed by atoms with van der Waals surface area (Å²) in [4.78, 5) is 4.77. The van der Waals surface area contributed by atoms with Gasteiger partial charge in [0.05, 0.1) is 6.54 Å². The topological polar surface area (TPSA) is 48.5 Å². The summed E-state index contributed by atoms with van der Waals surface area (Å²) in [6.45, 7) is 6.86. The summed E-state index contributed by atoms with van der Waals surface area (Å²) in [7, 11) is 0. The first kappa shape index (κ1) is 17.6. The van der Waals surface area contributed by atoms with Gasteiger partial charge in [0.2, 0.25) is 0 Å². The van der Waals surface area contributed by atoms with E-state index in [1.54, 1.807) is 0 Å². The van der Waals surface area contributed by atoms with Crippen molar-refractivity contribution in [2.24, 2.45) is 4.99 Å². The third kappa shape index (κ3) is 7.49. The van der Waals surface area contributed by atoms with E-state index in [4.69, 9.17) is 4.99 Å². The number of hydrogen-bond donors (Lipinski definition) is 3. The average molecular weight is 367 g/mol. The van der Waals surface area contributed by atoms with Crippen LogP contribution >= 0.6 is 15.9 Å². The normalized spacial score (nSPS) is 18.1. The summed E-state index contributed by atoms with van der Waals surface area (Å²) >= 11 is 3.48. The molecule has 0 fully saturated rings. The minimum atomic E-state index is 0.884. The van der Waals surface area contributed by atoms with Crippen LogP contribution in [-0.4, -0.2) is 51.5 Å². The Morgan fingerprint density at radius 2 is 1.55 bits per heavy atom. The molecule has 5 heteroatoms. The summed E-state index contributed by atoms with van der Waals surface area (Å²) in [5, 5.41) is 10.3. The van der Waals surface area contributed by atoms with Gasteiger partial charge in [-0.15, -0.1) is 0 Å². The third-order valence-corrected chi connectivity index (χ3v) is 4.28. The van der Waals surface area contributed by atoms with Gasteiger partial charge in [0, 0.05) is 49.5 Å². The first-order valence-corrected chi connectivity index (χ1v) is 9.03. The van der Waals surface area contributed by atoms with E-state index in [0.29, 0.717) is 0 Å². The number of nitrogens with zero attached hydrogens (tertiary/aromatic N) is 1. The minimum Gasteiger partial charge on any atom is -0.314 e. The maximum Gasteiger partial charge on any atom is 0.0514 e. The Balaban J connectivity index is 1.75. The zero-order chi connectivity index (χ0) is 15.5. The fourth-order valence-electron chi connectivity index (χ4n) is 2.50. The van der Waals surface area contributed by atoms with Gasteiger partial charge >= 0.3 is 0 Å². The Kier molecular flexibility index (Phi) is 8.71. The molecule has 1 heterocycles. The van der Waals surface area contributed by atoms with E-state index in [1.165, 1.54) is 11.3 Å². The predicted octanol–water partition coefficient (Wildman–Crippen LogP) is 2.00. The molecule has 0 amide bonds. The van der Waals surface area contributed by atoms with E-state index in [-0.39, 0.29) is 0 Å². The fraction of sp³-hybridized carbons (Fsp3) is 0.588. The molecule has 122 valence electrons. The third-order valence-electron chi connectivity index (χ3n) is 3.75. The number of benzene rings is 1. The smallest absolute Gasteiger partial charge is 0.0514 e. The van der Waals surface area contributed by atoms with Crippen LogP contribution in [-0.2, 0) is 6.42 Å². The summed E-state index contributed by atoms with van der Waals surface area (Å²) in [6.07, 6.45) is 3.36. The monoisotopic (exact) mass is 366 g/mol. The van der Waals surface area contributed by atoms with Crippen molar-refractivity contribution in [2.45, 2.75) is 19.3 Å². The molecule has 3 N–H and O–H groups in total. The molecule has 0 saturated carbocycles. The van der Waals surface area contributed by atoms with Crippen molar-refractivity contribution in [3.63, 3.8) is 0 Å². The molecule has 4 nitrogen and oxygen atoms in total. The van der Waals surface area contributed by atoms with Crippen molar-refractivity contribution in [1.82, 2.24) is 16.0 Å². The molecule has 1 aromatic rings. The number of aliphatic imine (C=N–C) groups is 1. The van der Waals surface area contributed by atoms with Crippen LogP contribution in [0.25, 0.3) is 0 Å². The Hall–Kier alpha value is -0.750.